The van der Waals surface area contributed by atoms with Crippen molar-refractivity contribution in [1.82, 2.24) is 14.4 Å². The van der Waals surface area contributed by atoms with Gasteiger partial charge in [0.15, 0.2) is 11.5 Å². The van der Waals surface area contributed by atoms with E-state index in [9.17, 15) is 9.59 Å². The fraction of sp³-hybridized carbons (Fsp3) is 0.478. The van der Waals surface area contributed by atoms with Crippen molar-refractivity contribution < 1.29 is 19.1 Å². The molecule has 1 aromatic heterocycles. The molecule has 0 fully saturated rings. The number of aromatic nitrogens is 1. The fourth-order valence-electron chi connectivity index (χ4n) is 3.48. The molecular formula is C23H31N3O4. The standard InChI is InChI=1S/C23H31N3O4/c1-16(2)12-25(13-19-7-6-10-24(19)5)22(27)14-26(17(3)4)23(28)18-8-9-20-21(11-18)30-15-29-20/h6-11,16-17H,12-15H2,1-5H3. The number of carbonyl (C=O) groups is 2. The van der Waals surface area contributed by atoms with Crippen LogP contribution in [-0.4, -0.2) is 52.1 Å². The van der Waals surface area contributed by atoms with Gasteiger partial charge in [0.25, 0.3) is 5.91 Å². The average Bonchev–Trinajstić information content (AvgIpc) is 3.32. The van der Waals surface area contributed by atoms with E-state index in [4.69, 9.17) is 9.47 Å². The van der Waals surface area contributed by atoms with Gasteiger partial charge in [0, 0.05) is 37.1 Å². The third kappa shape index (κ3) is 4.96. The minimum atomic E-state index is -0.194. The molecule has 7 nitrogen and oxygen atoms in total. The molecule has 0 radical (unpaired) electrons. The number of fused-ring (bicyclic) bond motifs is 1. The van der Waals surface area contributed by atoms with Gasteiger partial charge in [-0.2, -0.15) is 0 Å². The maximum Gasteiger partial charge on any atom is 0.254 e. The topological polar surface area (TPSA) is 64.0 Å². The first-order chi connectivity index (χ1) is 14.3. The van der Waals surface area contributed by atoms with Crippen LogP contribution in [0.3, 0.4) is 0 Å². The Bertz CT molecular complexity index is 904. The zero-order valence-corrected chi connectivity index (χ0v) is 18.4. The van der Waals surface area contributed by atoms with Crippen LogP contribution in [0.5, 0.6) is 11.5 Å². The molecule has 0 bridgehead atoms. The Morgan fingerprint density at radius 3 is 2.47 bits per heavy atom. The van der Waals surface area contributed by atoms with Crippen molar-refractivity contribution in [3.63, 3.8) is 0 Å². The highest BCUT2D eigenvalue weighted by molar-refractivity contribution is 5.97. The van der Waals surface area contributed by atoms with E-state index in [1.165, 1.54) is 0 Å². The molecule has 0 spiro atoms. The lowest BCUT2D eigenvalue weighted by atomic mass is 10.1. The molecule has 30 heavy (non-hydrogen) atoms. The molecule has 1 aliphatic rings. The van der Waals surface area contributed by atoms with E-state index >= 15 is 0 Å². The second-order valence-electron chi connectivity index (χ2n) is 8.37. The molecule has 0 atom stereocenters. The van der Waals surface area contributed by atoms with Crippen molar-refractivity contribution in [1.29, 1.82) is 0 Å². The molecule has 1 aromatic carbocycles. The molecule has 1 aliphatic heterocycles. The van der Waals surface area contributed by atoms with E-state index in [-0.39, 0.29) is 31.2 Å². The summed E-state index contributed by atoms with van der Waals surface area (Å²) < 4.78 is 12.7. The number of benzene rings is 1. The molecule has 2 heterocycles. The van der Waals surface area contributed by atoms with Crippen LogP contribution in [0.15, 0.2) is 36.5 Å². The molecule has 0 N–H and O–H groups in total. The highest BCUT2D eigenvalue weighted by atomic mass is 16.7. The summed E-state index contributed by atoms with van der Waals surface area (Å²) in [4.78, 5) is 29.9. The Morgan fingerprint density at radius 2 is 1.83 bits per heavy atom. The van der Waals surface area contributed by atoms with E-state index in [0.717, 1.165) is 5.69 Å². The molecule has 3 rings (SSSR count). The normalized spacial score (nSPS) is 12.5. The lowest BCUT2D eigenvalue weighted by Gasteiger charge is -2.31. The van der Waals surface area contributed by atoms with Crippen LogP contribution in [0.25, 0.3) is 0 Å². The van der Waals surface area contributed by atoms with Gasteiger partial charge in [0.2, 0.25) is 12.7 Å². The highest BCUT2D eigenvalue weighted by Crippen LogP contribution is 2.33. The Hall–Kier alpha value is -2.96. The fourth-order valence-corrected chi connectivity index (χ4v) is 3.48. The van der Waals surface area contributed by atoms with E-state index in [1.807, 2.05) is 48.7 Å². The maximum absolute atomic E-state index is 13.2. The monoisotopic (exact) mass is 413 g/mol. The number of carbonyl (C=O) groups excluding carboxylic acids is 2. The van der Waals surface area contributed by atoms with Gasteiger partial charge in [-0.25, -0.2) is 0 Å². The van der Waals surface area contributed by atoms with Gasteiger partial charge >= 0.3 is 0 Å². The first kappa shape index (κ1) is 21.7. The van der Waals surface area contributed by atoms with Gasteiger partial charge in [0.1, 0.15) is 6.54 Å². The number of nitrogens with zero attached hydrogens (tertiary/aromatic N) is 3. The van der Waals surface area contributed by atoms with Crippen molar-refractivity contribution in [2.24, 2.45) is 13.0 Å². The SMILES string of the molecule is CC(C)CN(Cc1cccn1C)C(=O)CN(C(=O)c1ccc2c(c1)OCO2)C(C)C. The second kappa shape index (κ2) is 9.24. The predicted octanol–water partition coefficient (Wildman–Crippen LogP) is 3.29. The molecule has 162 valence electrons. The number of rotatable bonds is 8. The smallest absolute Gasteiger partial charge is 0.254 e. The zero-order valence-electron chi connectivity index (χ0n) is 18.4. The lowest BCUT2D eigenvalue weighted by molar-refractivity contribution is -0.133. The third-order valence-electron chi connectivity index (χ3n) is 5.15. The number of amides is 2. The molecule has 2 aromatic rings. The second-order valence-corrected chi connectivity index (χ2v) is 8.37. The summed E-state index contributed by atoms with van der Waals surface area (Å²) in [6, 6.07) is 8.99. The minimum absolute atomic E-state index is 0.0298. The summed E-state index contributed by atoms with van der Waals surface area (Å²) in [5.74, 6) is 1.25. The van der Waals surface area contributed by atoms with Crippen LogP contribution >= 0.6 is 0 Å². The number of hydrogen-bond acceptors (Lipinski definition) is 4. The minimum Gasteiger partial charge on any atom is -0.454 e. The van der Waals surface area contributed by atoms with Crippen molar-refractivity contribution in [3.05, 3.63) is 47.8 Å². The van der Waals surface area contributed by atoms with Crippen LogP contribution in [0.2, 0.25) is 0 Å². The van der Waals surface area contributed by atoms with Crippen molar-refractivity contribution in [3.8, 4) is 11.5 Å². The predicted molar refractivity (Wildman–Crippen MR) is 114 cm³/mol. The van der Waals surface area contributed by atoms with Crippen molar-refractivity contribution in [2.75, 3.05) is 19.9 Å². The van der Waals surface area contributed by atoms with Crippen LogP contribution in [0.1, 0.15) is 43.7 Å². The van der Waals surface area contributed by atoms with Gasteiger partial charge in [0.05, 0.1) is 6.54 Å². The Labute approximate surface area is 178 Å². The van der Waals surface area contributed by atoms with Gasteiger partial charge in [-0.1, -0.05) is 13.8 Å². The molecule has 0 saturated heterocycles. The van der Waals surface area contributed by atoms with Crippen molar-refractivity contribution in [2.45, 2.75) is 40.3 Å². The van der Waals surface area contributed by atoms with Gasteiger partial charge in [-0.15, -0.1) is 0 Å². The van der Waals surface area contributed by atoms with Gasteiger partial charge in [-0.05, 0) is 50.1 Å². The Balaban J connectivity index is 1.77. The van der Waals surface area contributed by atoms with Crippen LogP contribution < -0.4 is 9.47 Å². The summed E-state index contributed by atoms with van der Waals surface area (Å²) in [5.41, 5.74) is 1.54. The first-order valence-corrected chi connectivity index (χ1v) is 10.3. The van der Waals surface area contributed by atoms with Gasteiger partial charge in [-0.3, -0.25) is 9.59 Å². The molecule has 0 unspecified atom stereocenters. The molecule has 7 heteroatoms. The average molecular weight is 414 g/mol. The number of ether oxygens (including phenoxy) is 2. The molecular weight excluding hydrogens is 382 g/mol. The zero-order chi connectivity index (χ0) is 21.8. The quantitative estimate of drug-likeness (QED) is 0.666. The summed E-state index contributed by atoms with van der Waals surface area (Å²) in [6.07, 6.45) is 1.97. The van der Waals surface area contributed by atoms with E-state index in [2.05, 4.69) is 13.8 Å². The third-order valence-corrected chi connectivity index (χ3v) is 5.15. The maximum atomic E-state index is 13.2. The Kier molecular flexibility index (Phi) is 6.70. The highest BCUT2D eigenvalue weighted by Gasteiger charge is 2.26. The van der Waals surface area contributed by atoms with E-state index in [0.29, 0.717) is 36.1 Å². The molecule has 0 saturated carbocycles. The molecule has 0 aliphatic carbocycles. The first-order valence-electron chi connectivity index (χ1n) is 10.3. The molecule has 2 amide bonds. The number of hydrogen-bond donors (Lipinski definition) is 0. The van der Waals surface area contributed by atoms with E-state index < -0.39 is 0 Å². The summed E-state index contributed by atoms with van der Waals surface area (Å²) in [6.45, 7) is 9.35. The van der Waals surface area contributed by atoms with Gasteiger partial charge < -0.3 is 23.8 Å². The summed E-state index contributed by atoms with van der Waals surface area (Å²) >= 11 is 0. The van der Waals surface area contributed by atoms with E-state index in [1.54, 1.807) is 23.1 Å². The largest absolute Gasteiger partial charge is 0.454 e. The summed E-state index contributed by atoms with van der Waals surface area (Å²) in [7, 11) is 1.97. The van der Waals surface area contributed by atoms with Crippen LogP contribution in [0, 0.1) is 5.92 Å². The van der Waals surface area contributed by atoms with Crippen molar-refractivity contribution >= 4 is 11.8 Å². The van der Waals surface area contributed by atoms with Crippen LogP contribution in [0.4, 0.5) is 0 Å². The lowest BCUT2D eigenvalue weighted by Crippen LogP contribution is -2.46. The number of aryl methyl sites for hydroxylation is 1. The Morgan fingerprint density at radius 1 is 1.10 bits per heavy atom. The van der Waals surface area contributed by atoms with Crippen LogP contribution in [-0.2, 0) is 18.4 Å². The summed E-state index contributed by atoms with van der Waals surface area (Å²) in [5, 5.41) is 0.